The van der Waals surface area contributed by atoms with Crippen molar-refractivity contribution in [1.29, 1.82) is 0 Å². The monoisotopic (exact) mass is 262 g/mol. The average Bonchev–Trinajstić information content (AvgIpc) is 2.33. The van der Waals surface area contributed by atoms with Gasteiger partial charge in [-0.1, -0.05) is 17.7 Å². The molecule has 1 aromatic rings. The molecule has 0 aromatic heterocycles. The van der Waals surface area contributed by atoms with Gasteiger partial charge in [-0.3, -0.25) is 14.5 Å². The molecule has 1 aromatic carbocycles. The van der Waals surface area contributed by atoms with Crippen LogP contribution in [0.15, 0.2) is 24.3 Å². The first-order valence-electron chi connectivity index (χ1n) is 6.32. The fourth-order valence-electron chi connectivity index (χ4n) is 2.18. The van der Waals surface area contributed by atoms with Crippen molar-refractivity contribution in [3.63, 3.8) is 0 Å². The number of nitrogens with two attached hydrogens (primary N) is 1. The van der Waals surface area contributed by atoms with Gasteiger partial charge in [0, 0.05) is 5.69 Å². The normalized spacial score (nSPS) is 16.5. The van der Waals surface area contributed by atoms with E-state index >= 15 is 0 Å². The van der Waals surface area contributed by atoms with Gasteiger partial charge in [-0.15, -0.1) is 0 Å². The van der Waals surface area contributed by atoms with E-state index in [2.05, 4.69) is 0 Å². The first kappa shape index (κ1) is 13.5. The number of aliphatic carboxylic acids is 1. The number of carbonyl (C=O) groups is 2. The molecule has 0 spiro atoms. The van der Waals surface area contributed by atoms with Crippen molar-refractivity contribution in [2.75, 3.05) is 11.4 Å². The molecule has 2 rings (SSSR count). The molecule has 19 heavy (non-hydrogen) atoms. The predicted octanol–water partition coefficient (Wildman–Crippen LogP) is 1.29. The van der Waals surface area contributed by atoms with Gasteiger partial charge in [0.1, 0.15) is 6.54 Å². The van der Waals surface area contributed by atoms with E-state index in [4.69, 9.17) is 10.8 Å². The Labute approximate surface area is 112 Å². The van der Waals surface area contributed by atoms with Crippen LogP contribution < -0.4 is 10.6 Å². The van der Waals surface area contributed by atoms with Gasteiger partial charge < -0.3 is 10.8 Å². The summed E-state index contributed by atoms with van der Waals surface area (Å²) >= 11 is 0. The number of carboxylic acid groups (broad SMARTS) is 1. The third-order valence-electron chi connectivity index (χ3n) is 3.56. The first-order chi connectivity index (χ1) is 8.92. The van der Waals surface area contributed by atoms with Crippen LogP contribution in [0.3, 0.4) is 0 Å². The predicted molar refractivity (Wildman–Crippen MR) is 71.9 cm³/mol. The molecule has 0 bridgehead atoms. The Hall–Kier alpha value is -1.88. The van der Waals surface area contributed by atoms with Gasteiger partial charge in [0.15, 0.2) is 0 Å². The third kappa shape index (κ3) is 2.76. The Balaban J connectivity index is 2.27. The Bertz CT molecular complexity index is 492. The van der Waals surface area contributed by atoms with Crippen LogP contribution in [-0.2, 0) is 9.59 Å². The van der Waals surface area contributed by atoms with E-state index in [1.807, 2.05) is 19.1 Å². The number of rotatable bonds is 4. The maximum absolute atomic E-state index is 12.4. The van der Waals surface area contributed by atoms with Crippen LogP contribution >= 0.6 is 0 Å². The minimum atomic E-state index is -1.04. The third-order valence-corrected chi connectivity index (χ3v) is 3.56. The first-order valence-corrected chi connectivity index (χ1v) is 6.32. The van der Waals surface area contributed by atoms with Crippen molar-refractivity contribution in [1.82, 2.24) is 0 Å². The number of nitrogens with zero attached hydrogens (tertiary/aromatic N) is 1. The quantitative estimate of drug-likeness (QED) is 0.856. The lowest BCUT2D eigenvalue weighted by molar-refractivity contribution is -0.137. The van der Waals surface area contributed by atoms with Gasteiger partial charge in [-0.25, -0.2) is 0 Å². The largest absolute Gasteiger partial charge is 0.480 e. The number of benzene rings is 1. The van der Waals surface area contributed by atoms with Crippen molar-refractivity contribution < 1.29 is 14.7 Å². The summed E-state index contributed by atoms with van der Waals surface area (Å²) in [5, 5.41) is 8.97. The van der Waals surface area contributed by atoms with Gasteiger partial charge in [0.05, 0.1) is 5.54 Å². The van der Waals surface area contributed by atoms with E-state index in [0.29, 0.717) is 18.5 Å². The molecule has 0 saturated heterocycles. The van der Waals surface area contributed by atoms with Crippen molar-refractivity contribution in [3.05, 3.63) is 29.8 Å². The Morgan fingerprint density at radius 1 is 1.32 bits per heavy atom. The lowest BCUT2D eigenvalue weighted by Gasteiger charge is -2.40. The summed E-state index contributed by atoms with van der Waals surface area (Å²) in [5.41, 5.74) is 6.75. The molecule has 0 heterocycles. The maximum atomic E-state index is 12.4. The number of carbonyl (C=O) groups excluding carboxylic acids is 1. The summed E-state index contributed by atoms with van der Waals surface area (Å²) in [4.78, 5) is 24.6. The van der Waals surface area contributed by atoms with Crippen LogP contribution in [-0.4, -0.2) is 29.1 Å². The van der Waals surface area contributed by atoms with E-state index in [-0.39, 0.29) is 12.5 Å². The fourth-order valence-corrected chi connectivity index (χ4v) is 2.18. The number of hydrogen-bond acceptors (Lipinski definition) is 3. The molecule has 1 aliphatic carbocycles. The molecule has 0 radical (unpaired) electrons. The van der Waals surface area contributed by atoms with Crippen molar-refractivity contribution in [2.45, 2.75) is 31.7 Å². The Morgan fingerprint density at radius 3 is 2.32 bits per heavy atom. The maximum Gasteiger partial charge on any atom is 0.323 e. The zero-order valence-corrected chi connectivity index (χ0v) is 10.9. The summed E-state index contributed by atoms with van der Waals surface area (Å²) in [6.07, 6.45) is 2.15. The van der Waals surface area contributed by atoms with Gasteiger partial charge >= 0.3 is 5.97 Å². The molecule has 0 aliphatic heterocycles. The Kier molecular flexibility index (Phi) is 3.57. The number of anilines is 1. The van der Waals surface area contributed by atoms with Gasteiger partial charge in [-0.05, 0) is 38.3 Å². The lowest BCUT2D eigenvalue weighted by Crippen LogP contribution is -2.60. The minimum Gasteiger partial charge on any atom is -0.480 e. The number of carboxylic acids is 1. The van der Waals surface area contributed by atoms with E-state index in [9.17, 15) is 9.59 Å². The smallest absolute Gasteiger partial charge is 0.323 e. The highest BCUT2D eigenvalue weighted by Gasteiger charge is 2.43. The Morgan fingerprint density at radius 2 is 1.89 bits per heavy atom. The van der Waals surface area contributed by atoms with Gasteiger partial charge in [-0.2, -0.15) is 0 Å². The standard InChI is InChI=1S/C14H18N2O3/c1-10-3-5-11(6-4-10)16(9-12(17)18)13(19)14(15)7-2-8-14/h3-6H,2,7-9,15H2,1H3,(H,17,18). The highest BCUT2D eigenvalue weighted by Crippen LogP contribution is 2.32. The summed E-state index contributed by atoms with van der Waals surface area (Å²) in [7, 11) is 0. The molecular formula is C14H18N2O3. The van der Waals surface area contributed by atoms with E-state index in [1.54, 1.807) is 12.1 Å². The van der Waals surface area contributed by atoms with Crippen LogP contribution in [0.2, 0.25) is 0 Å². The van der Waals surface area contributed by atoms with E-state index in [1.165, 1.54) is 4.90 Å². The molecule has 1 saturated carbocycles. The van der Waals surface area contributed by atoms with Crippen LogP contribution in [0.25, 0.3) is 0 Å². The second-order valence-corrected chi connectivity index (χ2v) is 5.13. The molecule has 0 atom stereocenters. The molecule has 1 fully saturated rings. The minimum absolute atomic E-state index is 0.301. The zero-order chi connectivity index (χ0) is 14.0. The van der Waals surface area contributed by atoms with Crippen LogP contribution in [0.5, 0.6) is 0 Å². The molecule has 0 unspecified atom stereocenters. The number of amides is 1. The molecule has 102 valence electrons. The van der Waals surface area contributed by atoms with Gasteiger partial charge in [0.2, 0.25) is 5.91 Å². The SMILES string of the molecule is Cc1ccc(N(CC(=O)O)C(=O)C2(N)CCC2)cc1. The van der Waals surface area contributed by atoms with Crippen molar-refractivity contribution >= 4 is 17.6 Å². The van der Waals surface area contributed by atoms with E-state index in [0.717, 1.165) is 12.0 Å². The van der Waals surface area contributed by atoms with Crippen molar-refractivity contribution in [3.8, 4) is 0 Å². The molecule has 5 nitrogen and oxygen atoms in total. The second kappa shape index (κ2) is 5.01. The molecule has 3 N–H and O–H groups in total. The number of aryl methyl sites for hydroxylation is 1. The average molecular weight is 262 g/mol. The fraction of sp³-hybridized carbons (Fsp3) is 0.429. The topological polar surface area (TPSA) is 83.6 Å². The van der Waals surface area contributed by atoms with Crippen LogP contribution in [0, 0.1) is 6.92 Å². The lowest BCUT2D eigenvalue weighted by atomic mass is 9.76. The summed E-state index contributed by atoms with van der Waals surface area (Å²) in [6.45, 7) is 1.57. The molecule has 5 heteroatoms. The van der Waals surface area contributed by atoms with E-state index < -0.39 is 11.5 Å². The van der Waals surface area contributed by atoms with Crippen molar-refractivity contribution in [2.24, 2.45) is 5.73 Å². The van der Waals surface area contributed by atoms with Crippen LogP contribution in [0.1, 0.15) is 24.8 Å². The van der Waals surface area contributed by atoms with Crippen LogP contribution in [0.4, 0.5) is 5.69 Å². The molecule has 1 aliphatic rings. The number of hydrogen-bond donors (Lipinski definition) is 2. The molecule has 1 amide bonds. The second-order valence-electron chi connectivity index (χ2n) is 5.13. The van der Waals surface area contributed by atoms with Gasteiger partial charge in [0.25, 0.3) is 0 Å². The highest BCUT2D eigenvalue weighted by atomic mass is 16.4. The summed E-state index contributed by atoms with van der Waals surface area (Å²) in [5.74, 6) is -1.35. The molecular weight excluding hydrogens is 244 g/mol. The highest BCUT2D eigenvalue weighted by molar-refractivity contribution is 6.03. The summed E-state index contributed by atoms with van der Waals surface area (Å²) in [6, 6.07) is 7.19. The summed E-state index contributed by atoms with van der Waals surface area (Å²) < 4.78 is 0. The zero-order valence-electron chi connectivity index (χ0n) is 10.9.